The van der Waals surface area contributed by atoms with Gasteiger partial charge in [-0.1, -0.05) is 6.42 Å². The molecule has 3 N–H and O–H groups in total. The van der Waals surface area contributed by atoms with Crippen molar-refractivity contribution in [3.05, 3.63) is 41.6 Å². The number of carbonyl (C=O) groups is 2. The molecule has 2 heterocycles. The molecule has 0 bridgehead atoms. The van der Waals surface area contributed by atoms with Crippen LogP contribution in [0.4, 0.5) is 5.82 Å². The Bertz CT molecular complexity index is 862. The molecule has 8 heteroatoms. The summed E-state index contributed by atoms with van der Waals surface area (Å²) in [7, 11) is 0. The minimum Gasteiger partial charge on any atom is -0.462 e. The van der Waals surface area contributed by atoms with Gasteiger partial charge in [0.25, 0.3) is 5.91 Å². The van der Waals surface area contributed by atoms with Gasteiger partial charge in [0.1, 0.15) is 11.4 Å². The summed E-state index contributed by atoms with van der Waals surface area (Å²) in [5.41, 5.74) is 7.49. The predicted molar refractivity (Wildman–Crippen MR) is 116 cm³/mol. The van der Waals surface area contributed by atoms with E-state index in [0.29, 0.717) is 23.8 Å². The van der Waals surface area contributed by atoms with Crippen molar-refractivity contribution in [2.75, 3.05) is 32.0 Å². The number of benzene rings is 1. The van der Waals surface area contributed by atoms with Gasteiger partial charge in [0, 0.05) is 24.7 Å². The third kappa shape index (κ3) is 5.18. The van der Waals surface area contributed by atoms with Gasteiger partial charge < -0.3 is 20.7 Å². The molecule has 0 spiro atoms. The minimum atomic E-state index is -0.504. The molecule has 0 unspecified atom stereocenters. The number of nitrogens with zero attached hydrogens (tertiary/aromatic N) is 3. The van der Waals surface area contributed by atoms with E-state index < -0.39 is 5.97 Å². The smallest absolute Gasteiger partial charge is 0.343 e. The first kappa shape index (κ1) is 21.8. The van der Waals surface area contributed by atoms with E-state index in [0.717, 1.165) is 19.5 Å². The Labute approximate surface area is 177 Å². The van der Waals surface area contributed by atoms with Crippen LogP contribution in [0, 0.1) is 0 Å². The van der Waals surface area contributed by atoms with Crippen LogP contribution >= 0.6 is 0 Å². The summed E-state index contributed by atoms with van der Waals surface area (Å²) in [5.74, 6) is -0.400. The van der Waals surface area contributed by atoms with E-state index in [9.17, 15) is 9.59 Å². The number of esters is 1. The number of anilines is 1. The highest BCUT2D eigenvalue weighted by Gasteiger charge is 2.18. The molecule has 0 aliphatic carbocycles. The van der Waals surface area contributed by atoms with E-state index in [-0.39, 0.29) is 23.9 Å². The lowest BCUT2D eigenvalue weighted by atomic mass is 10.0. The molecule has 8 nitrogen and oxygen atoms in total. The van der Waals surface area contributed by atoms with Crippen LogP contribution in [0.2, 0.25) is 0 Å². The number of amides is 1. The number of aromatic nitrogens is 2. The van der Waals surface area contributed by atoms with E-state index in [1.165, 1.54) is 30.1 Å². The number of nitrogen functional groups attached to an aromatic ring is 1. The van der Waals surface area contributed by atoms with Crippen molar-refractivity contribution in [2.45, 2.75) is 45.6 Å². The third-order valence-corrected chi connectivity index (χ3v) is 5.52. The van der Waals surface area contributed by atoms with Crippen LogP contribution in [0.1, 0.15) is 60.2 Å². The molecule has 1 aromatic carbocycles. The molecule has 1 aliphatic rings. The maximum atomic E-state index is 12.4. The molecule has 1 aliphatic heterocycles. The summed E-state index contributed by atoms with van der Waals surface area (Å²) in [5, 5.41) is 7.14. The Morgan fingerprint density at radius 1 is 1.27 bits per heavy atom. The van der Waals surface area contributed by atoms with Crippen molar-refractivity contribution in [1.29, 1.82) is 0 Å². The highest BCUT2D eigenvalue weighted by molar-refractivity contribution is 5.95. The first-order valence-electron chi connectivity index (χ1n) is 10.6. The van der Waals surface area contributed by atoms with Crippen molar-refractivity contribution in [3.8, 4) is 5.69 Å². The van der Waals surface area contributed by atoms with Crippen LogP contribution in [-0.2, 0) is 4.74 Å². The van der Waals surface area contributed by atoms with Gasteiger partial charge >= 0.3 is 5.97 Å². The number of ether oxygens (including phenoxy) is 1. The summed E-state index contributed by atoms with van der Waals surface area (Å²) >= 11 is 0. The molecular formula is C22H31N5O3. The van der Waals surface area contributed by atoms with Crippen LogP contribution in [0.25, 0.3) is 5.69 Å². The number of likely N-dealkylation sites (tertiary alicyclic amines) is 1. The van der Waals surface area contributed by atoms with Crippen LogP contribution in [0.5, 0.6) is 0 Å². The van der Waals surface area contributed by atoms with Crippen LogP contribution in [0.15, 0.2) is 30.5 Å². The van der Waals surface area contributed by atoms with Crippen molar-refractivity contribution in [1.82, 2.24) is 20.0 Å². The zero-order valence-electron chi connectivity index (χ0n) is 17.8. The van der Waals surface area contributed by atoms with E-state index in [1.807, 2.05) is 0 Å². The topological polar surface area (TPSA) is 102 Å². The Morgan fingerprint density at radius 2 is 2.03 bits per heavy atom. The van der Waals surface area contributed by atoms with Gasteiger partial charge in [-0.05, 0) is 63.9 Å². The quantitative estimate of drug-likeness (QED) is 0.509. The number of carbonyl (C=O) groups excluding carboxylic acids is 2. The van der Waals surface area contributed by atoms with Crippen molar-refractivity contribution >= 4 is 17.7 Å². The summed E-state index contributed by atoms with van der Waals surface area (Å²) < 4.78 is 6.42. The minimum absolute atomic E-state index is 0.103. The summed E-state index contributed by atoms with van der Waals surface area (Å²) in [6, 6.07) is 7.59. The van der Waals surface area contributed by atoms with E-state index >= 15 is 0 Å². The van der Waals surface area contributed by atoms with Crippen molar-refractivity contribution < 1.29 is 14.3 Å². The summed E-state index contributed by atoms with van der Waals surface area (Å²) in [6.07, 6.45) is 6.18. The summed E-state index contributed by atoms with van der Waals surface area (Å²) in [4.78, 5) is 26.8. The maximum Gasteiger partial charge on any atom is 0.343 e. The molecule has 1 saturated heterocycles. The van der Waals surface area contributed by atoms with Gasteiger partial charge in [-0.2, -0.15) is 5.10 Å². The van der Waals surface area contributed by atoms with E-state index in [4.69, 9.17) is 10.5 Å². The lowest BCUT2D eigenvalue weighted by Crippen LogP contribution is -2.39. The Balaban J connectivity index is 1.52. The van der Waals surface area contributed by atoms with Crippen LogP contribution in [0.3, 0.4) is 0 Å². The maximum absolute atomic E-state index is 12.4. The molecule has 1 fully saturated rings. The number of hydrogen-bond acceptors (Lipinski definition) is 6. The second kappa shape index (κ2) is 10.2. The Morgan fingerprint density at radius 3 is 2.73 bits per heavy atom. The van der Waals surface area contributed by atoms with Gasteiger partial charge in [-0.3, -0.25) is 4.79 Å². The third-order valence-electron chi connectivity index (χ3n) is 5.52. The molecular weight excluding hydrogens is 382 g/mol. The van der Waals surface area contributed by atoms with Gasteiger partial charge in [-0.15, -0.1) is 0 Å². The van der Waals surface area contributed by atoms with Gasteiger partial charge in [0.05, 0.1) is 18.5 Å². The molecule has 2 aromatic rings. The molecule has 1 aromatic heterocycles. The zero-order chi connectivity index (χ0) is 21.5. The Hall–Kier alpha value is -2.87. The second-order valence-electron chi connectivity index (χ2n) is 7.61. The average Bonchev–Trinajstić information content (AvgIpc) is 3.14. The van der Waals surface area contributed by atoms with Gasteiger partial charge in [0.2, 0.25) is 0 Å². The first-order valence-corrected chi connectivity index (χ1v) is 10.6. The molecule has 1 amide bonds. The van der Waals surface area contributed by atoms with Crippen molar-refractivity contribution in [3.63, 3.8) is 0 Å². The first-order chi connectivity index (χ1) is 14.5. The number of nitrogens with two attached hydrogens (primary N) is 1. The number of nitrogens with one attached hydrogen (secondary N) is 1. The molecule has 162 valence electrons. The normalized spacial score (nSPS) is 16.9. The lowest BCUT2D eigenvalue weighted by Gasteiger charge is -2.33. The number of piperidine rings is 1. The highest BCUT2D eigenvalue weighted by Crippen LogP contribution is 2.19. The lowest BCUT2D eigenvalue weighted by molar-refractivity contribution is 0.0527. The average molecular weight is 414 g/mol. The largest absolute Gasteiger partial charge is 0.462 e. The van der Waals surface area contributed by atoms with Gasteiger partial charge in [0.15, 0.2) is 0 Å². The summed E-state index contributed by atoms with van der Waals surface area (Å²) in [6.45, 7) is 7.10. The van der Waals surface area contributed by atoms with E-state index in [2.05, 4.69) is 22.2 Å². The van der Waals surface area contributed by atoms with Gasteiger partial charge in [-0.25, -0.2) is 9.48 Å². The fourth-order valence-corrected chi connectivity index (χ4v) is 3.76. The molecule has 0 radical (unpaired) electrons. The molecule has 30 heavy (non-hydrogen) atoms. The SMILES string of the molecule is CCOC(=O)c1cnn(-c2ccc(C(=O)NCCCN3CCCC[C@@H]3C)cc2)c1N. The van der Waals surface area contributed by atoms with Crippen molar-refractivity contribution in [2.24, 2.45) is 0 Å². The molecule has 1 atom stereocenters. The number of rotatable bonds is 8. The predicted octanol–water partition coefficient (Wildman–Crippen LogP) is 2.63. The van der Waals surface area contributed by atoms with Crippen LogP contribution < -0.4 is 11.1 Å². The van der Waals surface area contributed by atoms with E-state index in [1.54, 1.807) is 31.2 Å². The molecule has 3 rings (SSSR count). The fourth-order valence-electron chi connectivity index (χ4n) is 3.76. The number of hydrogen-bond donors (Lipinski definition) is 2. The Kier molecular flexibility index (Phi) is 7.46. The molecule has 0 saturated carbocycles. The standard InChI is InChI=1S/C22H31N5O3/c1-3-30-22(29)19-15-25-27(20(19)23)18-10-8-17(9-11-18)21(28)24-12-6-14-26-13-5-4-7-16(26)2/h8-11,15-16H,3-7,12-14,23H2,1-2H3,(H,24,28)/t16-/m0/s1. The van der Waals surface area contributed by atoms with Crippen LogP contribution in [-0.4, -0.2) is 58.8 Å². The fraction of sp³-hybridized carbons (Fsp3) is 0.500. The highest BCUT2D eigenvalue weighted by atomic mass is 16.5. The zero-order valence-corrected chi connectivity index (χ0v) is 17.8. The monoisotopic (exact) mass is 413 g/mol. The second-order valence-corrected chi connectivity index (χ2v) is 7.61.